The Hall–Kier alpha value is -1.87. The summed E-state index contributed by atoms with van der Waals surface area (Å²) in [5, 5.41) is 2.33. The number of hydrogen-bond donors (Lipinski definition) is 0. The smallest absolute Gasteiger partial charge is 0.219 e. The number of pyridine rings is 1. The highest BCUT2D eigenvalue weighted by molar-refractivity contribution is 9.10. The maximum absolute atomic E-state index is 5.77. The minimum Gasteiger partial charge on any atom is -0.439 e. The van der Waals surface area contributed by atoms with Crippen molar-refractivity contribution in [3.63, 3.8) is 0 Å². The van der Waals surface area contributed by atoms with Crippen LogP contribution in [-0.4, -0.2) is 4.98 Å². The number of benzene rings is 2. The van der Waals surface area contributed by atoms with E-state index >= 15 is 0 Å². The molecule has 2 nitrogen and oxygen atoms in total. The van der Waals surface area contributed by atoms with E-state index in [4.69, 9.17) is 4.74 Å². The predicted octanol–water partition coefficient (Wildman–Crippen LogP) is 5.10. The first kappa shape index (κ1) is 12.2. The number of ether oxygens (including phenoxy) is 1. The predicted molar refractivity (Wildman–Crippen MR) is 80.7 cm³/mol. The average molecular weight is 314 g/mol. The van der Waals surface area contributed by atoms with Crippen molar-refractivity contribution in [1.29, 1.82) is 0 Å². The maximum atomic E-state index is 5.77. The van der Waals surface area contributed by atoms with E-state index in [2.05, 4.69) is 33.0 Å². The fourth-order valence-corrected chi connectivity index (χ4v) is 2.32. The number of halogens is 1. The minimum absolute atomic E-state index is 0.622. The van der Waals surface area contributed by atoms with Crippen LogP contribution in [0.3, 0.4) is 0 Å². The van der Waals surface area contributed by atoms with E-state index in [1.54, 1.807) is 6.20 Å². The topological polar surface area (TPSA) is 22.1 Å². The van der Waals surface area contributed by atoms with E-state index in [1.807, 2.05) is 43.3 Å². The molecule has 94 valence electrons. The van der Waals surface area contributed by atoms with Gasteiger partial charge in [0.2, 0.25) is 5.88 Å². The molecule has 3 rings (SSSR count). The quantitative estimate of drug-likeness (QED) is 0.656. The first-order valence-corrected chi connectivity index (χ1v) is 6.80. The van der Waals surface area contributed by atoms with Gasteiger partial charge in [-0.15, -0.1) is 0 Å². The van der Waals surface area contributed by atoms with Gasteiger partial charge >= 0.3 is 0 Å². The number of rotatable bonds is 2. The van der Waals surface area contributed by atoms with Crippen LogP contribution in [0.25, 0.3) is 10.8 Å². The molecule has 3 aromatic rings. The van der Waals surface area contributed by atoms with Gasteiger partial charge in [-0.05, 0) is 53.6 Å². The summed E-state index contributed by atoms with van der Waals surface area (Å²) in [4.78, 5) is 4.20. The first-order valence-electron chi connectivity index (χ1n) is 6.00. The highest BCUT2D eigenvalue weighted by Crippen LogP contribution is 2.26. The molecule has 0 aliphatic rings. The lowest BCUT2D eigenvalue weighted by atomic mass is 10.1. The second-order valence-corrected chi connectivity index (χ2v) is 5.34. The van der Waals surface area contributed by atoms with Crippen LogP contribution in [0.15, 0.2) is 59.2 Å². The fraction of sp³-hybridized carbons (Fsp3) is 0.0625. The molecular formula is C16H12BrNO. The molecule has 0 amide bonds. The van der Waals surface area contributed by atoms with E-state index < -0.39 is 0 Å². The van der Waals surface area contributed by atoms with Crippen LogP contribution >= 0.6 is 15.9 Å². The Kier molecular flexibility index (Phi) is 3.22. The van der Waals surface area contributed by atoms with Gasteiger partial charge in [0, 0.05) is 16.7 Å². The van der Waals surface area contributed by atoms with Gasteiger partial charge in [-0.1, -0.05) is 28.1 Å². The molecule has 0 atom stereocenters. The van der Waals surface area contributed by atoms with Gasteiger partial charge in [-0.3, -0.25) is 0 Å². The van der Waals surface area contributed by atoms with Crippen LogP contribution in [0.2, 0.25) is 0 Å². The molecule has 0 saturated heterocycles. The third-order valence-electron chi connectivity index (χ3n) is 2.89. The van der Waals surface area contributed by atoms with Gasteiger partial charge in [0.25, 0.3) is 0 Å². The zero-order chi connectivity index (χ0) is 13.2. The highest BCUT2D eigenvalue weighted by Gasteiger charge is 2.01. The Bertz CT molecular complexity index is 740. The van der Waals surface area contributed by atoms with Crippen LogP contribution in [0.5, 0.6) is 11.6 Å². The SMILES string of the molecule is Cc1ccnc(Oc2ccc3cc(Br)ccc3c2)c1. The summed E-state index contributed by atoms with van der Waals surface area (Å²) in [6.45, 7) is 2.02. The van der Waals surface area contributed by atoms with Gasteiger partial charge in [0.05, 0.1) is 0 Å². The monoisotopic (exact) mass is 313 g/mol. The third-order valence-corrected chi connectivity index (χ3v) is 3.38. The van der Waals surface area contributed by atoms with Crippen molar-refractivity contribution in [1.82, 2.24) is 4.98 Å². The number of hydrogen-bond acceptors (Lipinski definition) is 2. The van der Waals surface area contributed by atoms with E-state index in [1.165, 1.54) is 5.39 Å². The van der Waals surface area contributed by atoms with Gasteiger partial charge < -0.3 is 4.74 Å². The van der Waals surface area contributed by atoms with Crippen molar-refractivity contribution in [3.8, 4) is 11.6 Å². The summed E-state index contributed by atoms with van der Waals surface area (Å²) in [6.07, 6.45) is 1.75. The lowest BCUT2D eigenvalue weighted by molar-refractivity contribution is 0.463. The zero-order valence-corrected chi connectivity index (χ0v) is 12.0. The van der Waals surface area contributed by atoms with Crippen LogP contribution in [0.4, 0.5) is 0 Å². The molecular weight excluding hydrogens is 302 g/mol. The summed E-state index contributed by atoms with van der Waals surface area (Å²) in [5.74, 6) is 1.42. The van der Waals surface area contributed by atoms with Crippen molar-refractivity contribution in [2.45, 2.75) is 6.92 Å². The van der Waals surface area contributed by atoms with Crippen molar-refractivity contribution < 1.29 is 4.74 Å². The molecule has 0 radical (unpaired) electrons. The van der Waals surface area contributed by atoms with E-state index in [9.17, 15) is 0 Å². The summed E-state index contributed by atoms with van der Waals surface area (Å²) in [5.41, 5.74) is 1.13. The third kappa shape index (κ3) is 2.76. The van der Waals surface area contributed by atoms with Crippen LogP contribution in [0.1, 0.15) is 5.56 Å². The molecule has 0 fully saturated rings. The molecule has 1 heterocycles. The molecule has 0 unspecified atom stereocenters. The second kappa shape index (κ2) is 5.02. The second-order valence-electron chi connectivity index (χ2n) is 4.43. The van der Waals surface area contributed by atoms with Gasteiger partial charge in [-0.2, -0.15) is 0 Å². The van der Waals surface area contributed by atoms with E-state index in [0.29, 0.717) is 5.88 Å². The Labute approximate surface area is 120 Å². The van der Waals surface area contributed by atoms with Crippen LogP contribution in [0, 0.1) is 6.92 Å². The highest BCUT2D eigenvalue weighted by atomic mass is 79.9. The standard InChI is InChI=1S/C16H12BrNO/c1-11-6-7-18-16(8-11)19-15-5-3-12-9-14(17)4-2-13(12)10-15/h2-10H,1H3. The van der Waals surface area contributed by atoms with Gasteiger partial charge in [-0.25, -0.2) is 4.98 Å². The molecule has 3 heteroatoms. The molecule has 0 saturated carbocycles. The average Bonchev–Trinajstić information content (AvgIpc) is 2.39. The molecule has 0 bridgehead atoms. The molecule has 0 aliphatic carbocycles. The molecule has 0 aliphatic heterocycles. The van der Waals surface area contributed by atoms with Gasteiger partial charge in [0.15, 0.2) is 0 Å². The molecule has 1 aromatic heterocycles. The lowest BCUT2D eigenvalue weighted by Gasteiger charge is -2.06. The minimum atomic E-state index is 0.622. The molecule has 0 N–H and O–H groups in total. The molecule has 19 heavy (non-hydrogen) atoms. The van der Waals surface area contributed by atoms with Gasteiger partial charge in [0.1, 0.15) is 5.75 Å². The van der Waals surface area contributed by atoms with Crippen molar-refractivity contribution in [2.75, 3.05) is 0 Å². The summed E-state index contributed by atoms with van der Waals surface area (Å²) < 4.78 is 6.85. The van der Waals surface area contributed by atoms with E-state index in [-0.39, 0.29) is 0 Å². The normalized spacial score (nSPS) is 10.6. The lowest BCUT2D eigenvalue weighted by Crippen LogP contribution is -1.88. The Morgan fingerprint density at radius 1 is 0.947 bits per heavy atom. The first-order chi connectivity index (χ1) is 9.20. The number of nitrogens with zero attached hydrogens (tertiary/aromatic N) is 1. The van der Waals surface area contributed by atoms with E-state index in [0.717, 1.165) is 21.2 Å². The molecule has 0 spiro atoms. The van der Waals surface area contributed by atoms with Crippen LogP contribution < -0.4 is 4.74 Å². The molecule has 2 aromatic carbocycles. The number of fused-ring (bicyclic) bond motifs is 1. The zero-order valence-electron chi connectivity index (χ0n) is 10.4. The Morgan fingerprint density at radius 2 is 1.74 bits per heavy atom. The summed E-state index contributed by atoms with van der Waals surface area (Å²) >= 11 is 3.47. The fourth-order valence-electron chi connectivity index (χ4n) is 1.94. The Morgan fingerprint density at radius 3 is 2.58 bits per heavy atom. The van der Waals surface area contributed by atoms with Crippen molar-refractivity contribution in [2.24, 2.45) is 0 Å². The maximum Gasteiger partial charge on any atom is 0.219 e. The largest absolute Gasteiger partial charge is 0.439 e. The van der Waals surface area contributed by atoms with Crippen LogP contribution in [-0.2, 0) is 0 Å². The Balaban J connectivity index is 1.95. The summed E-state index contributed by atoms with van der Waals surface area (Å²) in [7, 11) is 0. The van der Waals surface area contributed by atoms with Crippen molar-refractivity contribution >= 4 is 26.7 Å². The van der Waals surface area contributed by atoms with Crippen molar-refractivity contribution in [3.05, 3.63) is 64.8 Å². The number of aromatic nitrogens is 1. The number of aryl methyl sites for hydroxylation is 1. The summed E-state index contributed by atoms with van der Waals surface area (Å²) in [6, 6.07) is 16.1.